The van der Waals surface area contributed by atoms with Gasteiger partial charge < -0.3 is 4.57 Å². The first-order valence-electron chi connectivity index (χ1n) is 9.38. The lowest BCUT2D eigenvalue weighted by molar-refractivity contribution is -0.112. The Morgan fingerprint density at radius 2 is 2.07 bits per heavy atom. The van der Waals surface area contributed by atoms with Crippen LogP contribution in [-0.2, 0) is 11.2 Å². The predicted octanol–water partition coefficient (Wildman–Crippen LogP) is 4.69. The summed E-state index contributed by atoms with van der Waals surface area (Å²) in [6.07, 6.45) is 4.30. The van der Waals surface area contributed by atoms with Crippen LogP contribution in [0.4, 0.5) is 5.13 Å². The maximum absolute atomic E-state index is 12.6. The number of carbonyl (C=O) groups excluding carboxylic acids is 1. The second-order valence-corrected chi connectivity index (χ2v) is 8.36. The van der Waals surface area contributed by atoms with Crippen LogP contribution in [0.15, 0.2) is 42.1 Å². The van der Waals surface area contributed by atoms with Gasteiger partial charge in [-0.1, -0.05) is 31.3 Å². The van der Waals surface area contributed by atoms with E-state index in [4.69, 9.17) is 0 Å². The minimum absolute atomic E-state index is 0.00870. The molecule has 3 aromatic rings. The van der Waals surface area contributed by atoms with Crippen molar-refractivity contribution in [2.45, 2.75) is 34.1 Å². The van der Waals surface area contributed by atoms with Gasteiger partial charge in [-0.3, -0.25) is 10.1 Å². The van der Waals surface area contributed by atoms with Gasteiger partial charge in [0.2, 0.25) is 5.13 Å². The lowest BCUT2D eigenvalue weighted by Gasteiger charge is -2.09. The van der Waals surface area contributed by atoms with Crippen molar-refractivity contribution in [1.29, 1.82) is 5.26 Å². The summed E-state index contributed by atoms with van der Waals surface area (Å²) in [4.78, 5) is 12.6. The van der Waals surface area contributed by atoms with Crippen molar-refractivity contribution in [2.75, 3.05) is 5.32 Å². The van der Waals surface area contributed by atoms with E-state index in [1.54, 1.807) is 6.08 Å². The van der Waals surface area contributed by atoms with Crippen molar-refractivity contribution < 1.29 is 4.79 Å². The van der Waals surface area contributed by atoms with Crippen LogP contribution in [0.5, 0.6) is 0 Å². The number of nitrogens with zero attached hydrogens (tertiary/aromatic N) is 4. The molecule has 0 spiro atoms. The molecule has 0 atom stereocenters. The largest absolute Gasteiger partial charge is 0.317 e. The van der Waals surface area contributed by atoms with Crippen LogP contribution in [-0.4, -0.2) is 20.7 Å². The highest BCUT2D eigenvalue weighted by molar-refractivity contribution is 7.15. The Hall–Kier alpha value is -3.24. The lowest BCUT2D eigenvalue weighted by atomic mass is 10.1. The van der Waals surface area contributed by atoms with Crippen LogP contribution in [0.25, 0.3) is 11.8 Å². The molecule has 0 fully saturated rings. The molecule has 1 amide bonds. The van der Waals surface area contributed by atoms with Crippen LogP contribution in [0.1, 0.15) is 35.7 Å². The second kappa shape index (κ2) is 8.84. The van der Waals surface area contributed by atoms with Crippen molar-refractivity contribution in [2.24, 2.45) is 5.92 Å². The Balaban J connectivity index is 1.82. The van der Waals surface area contributed by atoms with E-state index in [0.29, 0.717) is 11.0 Å². The van der Waals surface area contributed by atoms with E-state index in [9.17, 15) is 10.1 Å². The molecule has 7 heteroatoms. The summed E-state index contributed by atoms with van der Waals surface area (Å²) in [5, 5.41) is 21.5. The first kappa shape index (κ1) is 20.5. The predicted molar refractivity (Wildman–Crippen MR) is 116 cm³/mol. The van der Waals surface area contributed by atoms with E-state index >= 15 is 0 Å². The van der Waals surface area contributed by atoms with Gasteiger partial charge in [0.15, 0.2) is 0 Å². The number of nitrogens with one attached hydrogen (secondary N) is 1. The molecule has 2 aromatic heterocycles. The van der Waals surface area contributed by atoms with Gasteiger partial charge in [-0.25, -0.2) is 0 Å². The van der Waals surface area contributed by atoms with Crippen LogP contribution in [0.2, 0.25) is 0 Å². The number of hydrogen-bond acceptors (Lipinski definition) is 5. The summed E-state index contributed by atoms with van der Waals surface area (Å²) in [6, 6.07) is 11.9. The zero-order chi connectivity index (χ0) is 21.0. The van der Waals surface area contributed by atoms with Crippen LogP contribution < -0.4 is 5.32 Å². The summed E-state index contributed by atoms with van der Waals surface area (Å²) in [7, 11) is 0. The first-order valence-corrected chi connectivity index (χ1v) is 10.2. The monoisotopic (exact) mass is 405 g/mol. The van der Waals surface area contributed by atoms with Crippen molar-refractivity contribution in [3.63, 3.8) is 0 Å². The molecule has 6 nitrogen and oxygen atoms in total. The number of hydrogen-bond donors (Lipinski definition) is 1. The number of aromatic nitrogens is 3. The highest BCUT2D eigenvalue weighted by Crippen LogP contribution is 2.21. The topological polar surface area (TPSA) is 83.6 Å². The van der Waals surface area contributed by atoms with E-state index in [1.165, 1.54) is 22.5 Å². The molecule has 2 heterocycles. The van der Waals surface area contributed by atoms with Crippen LogP contribution in [0, 0.1) is 31.1 Å². The Morgan fingerprint density at radius 3 is 2.76 bits per heavy atom. The Morgan fingerprint density at radius 1 is 1.28 bits per heavy atom. The van der Waals surface area contributed by atoms with Gasteiger partial charge in [0, 0.05) is 24.0 Å². The molecule has 148 valence electrons. The number of aryl methyl sites for hydroxylation is 2. The normalized spacial score (nSPS) is 11.5. The van der Waals surface area contributed by atoms with Crippen LogP contribution >= 0.6 is 11.3 Å². The molecule has 0 aliphatic carbocycles. The first-order chi connectivity index (χ1) is 13.9. The van der Waals surface area contributed by atoms with Crippen LogP contribution in [0.3, 0.4) is 0 Å². The number of nitriles is 1. The average Bonchev–Trinajstić information content (AvgIpc) is 3.30. The summed E-state index contributed by atoms with van der Waals surface area (Å²) < 4.78 is 1.95. The summed E-state index contributed by atoms with van der Waals surface area (Å²) in [5.41, 5.74) is 4.12. The number of anilines is 1. The third kappa shape index (κ3) is 4.98. The minimum Gasteiger partial charge on any atom is -0.317 e. The fourth-order valence-corrected chi connectivity index (χ4v) is 3.77. The maximum atomic E-state index is 12.6. The molecule has 3 rings (SSSR count). The van der Waals surface area contributed by atoms with Crippen molar-refractivity contribution in [3.05, 3.63) is 63.9 Å². The zero-order valence-electron chi connectivity index (χ0n) is 16.9. The van der Waals surface area contributed by atoms with Crippen molar-refractivity contribution in [3.8, 4) is 11.8 Å². The van der Waals surface area contributed by atoms with E-state index in [1.807, 2.05) is 35.0 Å². The molecule has 0 radical (unpaired) electrons. The molecular weight excluding hydrogens is 382 g/mol. The third-order valence-corrected chi connectivity index (χ3v) is 5.34. The van der Waals surface area contributed by atoms with Gasteiger partial charge in [-0.05, 0) is 61.2 Å². The van der Waals surface area contributed by atoms with E-state index < -0.39 is 5.91 Å². The summed E-state index contributed by atoms with van der Waals surface area (Å²) in [6.45, 7) is 8.32. The molecular formula is C22H23N5OS. The fraction of sp³-hybridized carbons (Fsp3) is 0.273. The van der Waals surface area contributed by atoms with E-state index in [2.05, 4.69) is 55.3 Å². The smallest absolute Gasteiger partial charge is 0.268 e. The fourth-order valence-electron chi connectivity index (χ4n) is 2.82. The van der Waals surface area contributed by atoms with Gasteiger partial charge in [0.05, 0.1) is 0 Å². The Kier molecular flexibility index (Phi) is 6.25. The Bertz CT molecular complexity index is 1100. The highest BCUT2D eigenvalue weighted by Gasteiger charge is 2.14. The highest BCUT2D eigenvalue weighted by atomic mass is 32.1. The lowest BCUT2D eigenvalue weighted by Crippen LogP contribution is -2.13. The number of carbonyl (C=O) groups is 1. The minimum atomic E-state index is -0.493. The average molecular weight is 406 g/mol. The summed E-state index contributed by atoms with van der Waals surface area (Å²) in [5.74, 6) is -0.0353. The molecule has 0 aliphatic rings. The summed E-state index contributed by atoms with van der Waals surface area (Å²) >= 11 is 1.33. The zero-order valence-corrected chi connectivity index (χ0v) is 17.7. The van der Waals surface area contributed by atoms with Crippen molar-refractivity contribution in [1.82, 2.24) is 14.8 Å². The number of amides is 1. The van der Waals surface area contributed by atoms with E-state index in [-0.39, 0.29) is 5.57 Å². The third-order valence-electron chi connectivity index (χ3n) is 4.48. The van der Waals surface area contributed by atoms with Gasteiger partial charge in [-0.15, -0.1) is 10.2 Å². The molecule has 29 heavy (non-hydrogen) atoms. The second-order valence-electron chi connectivity index (χ2n) is 7.29. The number of rotatable bonds is 6. The molecule has 0 bridgehead atoms. The maximum Gasteiger partial charge on any atom is 0.268 e. The molecule has 0 aliphatic heterocycles. The Labute approximate surface area is 174 Å². The molecule has 0 saturated heterocycles. The quantitative estimate of drug-likeness (QED) is 0.476. The molecule has 1 aromatic carbocycles. The van der Waals surface area contributed by atoms with Gasteiger partial charge in [0.25, 0.3) is 5.91 Å². The number of benzene rings is 1. The standard InChI is InChI=1S/C22H23N5OS/c1-14(2)10-20-25-26-22(29-20)24-21(28)17(13-23)12-18-6-5-9-27(18)19-8-7-15(3)16(4)11-19/h5-9,11-12,14H,10H2,1-4H3,(H,24,26,28)/b17-12-. The van der Waals surface area contributed by atoms with Gasteiger partial charge >= 0.3 is 0 Å². The van der Waals surface area contributed by atoms with Gasteiger partial charge in [0.1, 0.15) is 16.6 Å². The molecule has 0 saturated carbocycles. The van der Waals surface area contributed by atoms with Crippen molar-refractivity contribution >= 4 is 28.5 Å². The van der Waals surface area contributed by atoms with E-state index in [0.717, 1.165) is 22.8 Å². The molecule has 1 N–H and O–H groups in total. The molecule has 0 unspecified atom stereocenters. The van der Waals surface area contributed by atoms with Gasteiger partial charge in [-0.2, -0.15) is 5.26 Å². The SMILES string of the molecule is Cc1ccc(-n2cccc2/C=C(/C#N)C(=O)Nc2nnc(CC(C)C)s2)cc1C.